The highest BCUT2D eigenvalue weighted by molar-refractivity contribution is 7.98. The fourth-order valence-corrected chi connectivity index (χ4v) is 3.78. The third-order valence-electron chi connectivity index (χ3n) is 4.53. The van der Waals surface area contributed by atoms with E-state index in [-0.39, 0.29) is 5.82 Å². The number of halogens is 1. The molecule has 0 aliphatic heterocycles. The van der Waals surface area contributed by atoms with E-state index in [4.69, 9.17) is 16.3 Å². The third-order valence-corrected chi connectivity index (χ3v) is 5.86. The van der Waals surface area contributed by atoms with Crippen LogP contribution in [0.2, 0.25) is 5.02 Å². The number of thioether (sulfide) groups is 1. The molecule has 0 saturated heterocycles. The number of esters is 1. The summed E-state index contributed by atoms with van der Waals surface area (Å²) < 4.78 is 5.31. The maximum absolute atomic E-state index is 12.4. The number of rotatable bonds is 7. The minimum Gasteiger partial charge on any atom is -0.449 e. The van der Waals surface area contributed by atoms with Gasteiger partial charge in [-0.15, -0.1) is 11.8 Å². The molecule has 4 aromatic rings. The van der Waals surface area contributed by atoms with Crippen molar-refractivity contribution in [1.82, 2.24) is 19.9 Å². The minimum atomic E-state index is -1.02. The lowest BCUT2D eigenvalue weighted by Crippen LogP contribution is -2.30. The van der Waals surface area contributed by atoms with Crippen molar-refractivity contribution in [2.24, 2.45) is 0 Å². The van der Waals surface area contributed by atoms with Crippen LogP contribution in [0.15, 0.2) is 66.1 Å². The number of nitrogens with zero attached hydrogens (tertiary/aromatic N) is 3. The van der Waals surface area contributed by atoms with E-state index in [9.17, 15) is 9.59 Å². The number of nitrogens with one attached hydrogen (secondary N) is 2. The fourth-order valence-electron chi connectivity index (χ4n) is 2.79. The number of carbonyl (C=O) groups excluding carboxylic acids is 2. The predicted molar refractivity (Wildman–Crippen MR) is 123 cm³/mol. The van der Waals surface area contributed by atoms with E-state index in [1.54, 1.807) is 23.9 Å². The zero-order chi connectivity index (χ0) is 22.5. The van der Waals surface area contributed by atoms with Gasteiger partial charge < -0.3 is 15.0 Å². The summed E-state index contributed by atoms with van der Waals surface area (Å²) in [4.78, 5) is 40.9. The maximum Gasteiger partial charge on any atom is 0.338 e. The van der Waals surface area contributed by atoms with Gasteiger partial charge in [0.15, 0.2) is 17.6 Å². The second-order valence-electron chi connectivity index (χ2n) is 6.80. The van der Waals surface area contributed by atoms with Gasteiger partial charge in [0.1, 0.15) is 11.8 Å². The molecule has 32 heavy (non-hydrogen) atoms. The third kappa shape index (κ3) is 5.24. The van der Waals surface area contributed by atoms with Crippen molar-refractivity contribution in [2.45, 2.75) is 23.7 Å². The van der Waals surface area contributed by atoms with Crippen LogP contribution in [0.1, 0.15) is 22.8 Å². The van der Waals surface area contributed by atoms with Crippen LogP contribution >= 0.6 is 23.4 Å². The van der Waals surface area contributed by atoms with Crippen LogP contribution in [0.4, 0.5) is 5.82 Å². The van der Waals surface area contributed by atoms with E-state index >= 15 is 0 Å². The average Bonchev–Trinajstić information content (AvgIpc) is 3.29. The number of hydrogen-bond acceptors (Lipinski definition) is 7. The maximum atomic E-state index is 12.4. The van der Waals surface area contributed by atoms with Gasteiger partial charge in [-0.25, -0.2) is 19.7 Å². The summed E-state index contributed by atoms with van der Waals surface area (Å²) in [5.74, 6) is -0.0812. The van der Waals surface area contributed by atoms with Gasteiger partial charge in [0.05, 0.1) is 11.9 Å². The van der Waals surface area contributed by atoms with Crippen LogP contribution in [0.3, 0.4) is 0 Å². The van der Waals surface area contributed by atoms with Crippen LogP contribution < -0.4 is 5.32 Å². The molecule has 162 valence electrons. The Hall–Kier alpha value is -3.43. The summed E-state index contributed by atoms with van der Waals surface area (Å²) in [7, 11) is 0. The molecule has 0 radical (unpaired) electrons. The van der Waals surface area contributed by atoms with Crippen LogP contribution in [-0.4, -0.2) is 37.9 Å². The molecule has 4 rings (SSSR count). The lowest BCUT2D eigenvalue weighted by atomic mass is 10.1. The number of amides is 1. The first-order valence-corrected chi connectivity index (χ1v) is 11.0. The zero-order valence-corrected chi connectivity index (χ0v) is 18.5. The largest absolute Gasteiger partial charge is 0.449 e. The van der Waals surface area contributed by atoms with E-state index in [0.717, 1.165) is 16.2 Å². The number of hydrogen-bond donors (Lipinski definition) is 2. The molecule has 1 unspecified atom stereocenters. The predicted octanol–water partition coefficient (Wildman–Crippen LogP) is 4.48. The number of carbonyl (C=O) groups is 2. The smallest absolute Gasteiger partial charge is 0.338 e. The summed E-state index contributed by atoms with van der Waals surface area (Å²) in [6.07, 6.45) is 1.73. The lowest BCUT2D eigenvalue weighted by Gasteiger charge is -2.13. The average molecular weight is 468 g/mol. The van der Waals surface area contributed by atoms with Gasteiger partial charge in [-0.05, 0) is 48.9 Å². The van der Waals surface area contributed by atoms with Gasteiger partial charge in [0.2, 0.25) is 0 Å². The lowest BCUT2D eigenvalue weighted by molar-refractivity contribution is -0.123. The van der Waals surface area contributed by atoms with E-state index in [1.165, 1.54) is 19.6 Å². The number of aromatic amines is 1. The van der Waals surface area contributed by atoms with Crippen LogP contribution in [0, 0.1) is 0 Å². The Kier molecular flexibility index (Phi) is 6.67. The SMILES string of the molecule is CC(OC(=O)c1ccc(CSc2ccc(Cl)cc2)cc1)C(=O)Nc1ncnc2nc[nH]c12. The van der Waals surface area contributed by atoms with Crippen LogP contribution in [0.25, 0.3) is 11.2 Å². The molecule has 2 aromatic heterocycles. The zero-order valence-electron chi connectivity index (χ0n) is 16.9. The number of imidazole rings is 1. The second-order valence-corrected chi connectivity index (χ2v) is 8.28. The second kappa shape index (κ2) is 9.80. The molecule has 2 aromatic carbocycles. The highest BCUT2D eigenvalue weighted by Crippen LogP contribution is 2.24. The van der Waals surface area contributed by atoms with Gasteiger partial charge in [0.25, 0.3) is 5.91 Å². The van der Waals surface area contributed by atoms with Crippen molar-refractivity contribution < 1.29 is 14.3 Å². The first kappa shape index (κ1) is 21.8. The van der Waals surface area contributed by atoms with Gasteiger partial charge in [-0.3, -0.25) is 4.79 Å². The monoisotopic (exact) mass is 467 g/mol. The molecule has 0 spiro atoms. The number of H-pyrrole nitrogens is 1. The normalized spacial score (nSPS) is 11.8. The summed E-state index contributed by atoms with van der Waals surface area (Å²) in [5, 5.41) is 3.32. The highest BCUT2D eigenvalue weighted by atomic mass is 35.5. The summed E-state index contributed by atoms with van der Waals surface area (Å²) in [6.45, 7) is 1.50. The van der Waals surface area contributed by atoms with Crippen molar-refractivity contribution in [3.63, 3.8) is 0 Å². The molecule has 0 bridgehead atoms. The Morgan fingerprint density at radius 3 is 2.59 bits per heavy atom. The Morgan fingerprint density at radius 1 is 1.09 bits per heavy atom. The van der Waals surface area contributed by atoms with E-state index in [1.807, 2.05) is 36.4 Å². The Labute approximate surface area is 192 Å². The minimum absolute atomic E-state index is 0.267. The summed E-state index contributed by atoms with van der Waals surface area (Å²) >= 11 is 7.57. The van der Waals surface area contributed by atoms with Gasteiger partial charge >= 0.3 is 5.97 Å². The molecule has 0 aliphatic rings. The van der Waals surface area contributed by atoms with E-state index < -0.39 is 18.0 Å². The van der Waals surface area contributed by atoms with Crippen molar-refractivity contribution >= 4 is 52.2 Å². The topological polar surface area (TPSA) is 110 Å². The van der Waals surface area contributed by atoms with Crippen molar-refractivity contribution in [1.29, 1.82) is 0 Å². The van der Waals surface area contributed by atoms with Crippen LogP contribution in [0.5, 0.6) is 0 Å². The van der Waals surface area contributed by atoms with Crippen LogP contribution in [-0.2, 0) is 15.3 Å². The fraction of sp³-hybridized carbons (Fsp3) is 0.136. The van der Waals surface area contributed by atoms with Crippen molar-refractivity contribution in [3.05, 3.63) is 77.3 Å². The van der Waals surface area contributed by atoms with Gasteiger partial charge in [0, 0.05) is 15.7 Å². The standard InChI is InChI=1S/C22H18ClN5O3S/c1-13(21(29)28-20-18-19(25-11-24-18)26-12-27-20)31-22(30)15-4-2-14(3-5-15)10-32-17-8-6-16(23)7-9-17/h2-9,11-13H,10H2,1H3,(H2,24,25,26,27,28,29). The Balaban J connectivity index is 1.32. The molecule has 1 atom stereocenters. The molecule has 0 fully saturated rings. The molecule has 10 heteroatoms. The quantitative estimate of drug-likeness (QED) is 0.304. The molecular formula is C22H18ClN5O3S. The van der Waals surface area contributed by atoms with E-state index in [0.29, 0.717) is 21.7 Å². The van der Waals surface area contributed by atoms with Crippen molar-refractivity contribution in [3.8, 4) is 0 Å². The molecular weight excluding hydrogens is 450 g/mol. The van der Waals surface area contributed by atoms with Gasteiger partial charge in [-0.1, -0.05) is 23.7 Å². The highest BCUT2D eigenvalue weighted by Gasteiger charge is 2.20. The Bertz CT molecular complexity index is 1240. The summed E-state index contributed by atoms with van der Waals surface area (Å²) in [6, 6.07) is 14.7. The molecule has 1 amide bonds. The molecule has 8 nitrogen and oxygen atoms in total. The van der Waals surface area contributed by atoms with Gasteiger partial charge in [-0.2, -0.15) is 0 Å². The van der Waals surface area contributed by atoms with E-state index in [2.05, 4.69) is 25.3 Å². The molecule has 2 heterocycles. The molecule has 2 N–H and O–H groups in total. The number of aromatic nitrogens is 4. The molecule has 0 saturated carbocycles. The first-order valence-electron chi connectivity index (χ1n) is 9.63. The number of ether oxygens (including phenoxy) is 1. The number of anilines is 1. The number of fused-ring (bicyclic) bond motifs is 1. The first-order chi connectivity index (χ1) is 15.5. The molecule has 0 aliphatic carbocycles. The number of benzene rings is 2. The summed E-state index contributed by atoms with van der Waals surface area (Å²) in [5.41, 5.74) is 2.34. The Morgan fingerprint density at radius 2 is 1.84 bits per heavy atom. The van der Waals surface area contributed by atoms with Crippen molar-refractivity contribution in [2.75, 3.05) is 5.32 Å².